The Morgan fingerprint density at radius 3 is 2.94 bits per heavy atom. The average Bonchev–Trinajstić information content (AvgIpc) is 3.00. The van der Waals surface area contributed by atoms with E-state index in [1.54, 1.807) is 7.11 Å². The van der Waals surface area contributed by atoms with Crippen LogP contribution in [0.2, 0.25) is 0 Å². The monoisotopic (exact) mass is 225 g/mol. The molecule has 1 heterocycles. The first-order chi connectivity index (χ1) is 7.76. The molecule has 16 heavy (non-hydrogen) atoms. The van der Waals surface area contributed by atoms with Gasteiger partial charge in [0.1, 0.15) is 12.2 Å². The van der Waals surface area contributed by atoms with Crippen molar-refractivity contribution in [2.24, 2.45) is 5.92 Å². The van der Waals surface area contributed by atoms with Crippen LogP contribution in [0.1, 0.15) is 25.6 Å². The second-order valence-corrected chi connectivity index (χ2v) is 4.30. The standard InChI is InChI=1S/C11H19N3O2/c1-3-14-10(12-7-13-14)6-9(15)11(16-2)8-4-5-8/h7-9,11,15H,3-6H2,1-2H3. The number of aliphatic hydroxyl groups is 1. The third-order valence-corrected chi connectivity index (χ3v) is 3.12. The minimum Gasteiger partial charge on any atom is -0.390 e. The van der Waals surface area contributed by atoms with Crippen LogP contribution in [-0.2, 0) is 17.7 Å². The first kappa shape index (κ1) is 11.5. The molecular formula is C11H19N3O2. The Balaban J connectivity index is 1.97. The van der Waals surface area contributed by atoms with Gasteiger partial charge in [-0.3, -0.25) is 4.68 Å². The van der Waals surface area contributed by atoms with Crippen LogP contribution in [0.5, 0.6) is 0 Å². The van der Waals surface area contributed by atoms with Crippen molar-refractivity contribution in [3.8, 4) is 0 Å². The zero-order chi connectivity index (χ0) is 11.5. The van der Waals surface area contributed by atoms with Crippen molar-refractivity contribution in [3.63, 3.8) is 0 Å². The van der Waals surface area contributed by atoms with Crippen molar-refractivity contribution in [1.82, 2.24) is 14.8 Å². The Labute approximate surface area is 95.4 Å². The van der Waals surface area contributed by atoms with Gasteiger partial charge in [-0.25, -0.2) is 4.98 Å². The van der Waals surface area contributed by atoms with Crippen molar-refractivity contribution in [2.75, 3.05) is 7.11 Å². The summed E-state index contributed by atoms with van der Waals surface area (Å²) in [5.74, 6) is 1.36. The van der Waals surface area contributed by atoms with Crippen LogP contribution in [-0.4, -0.2) is 39.2 Å². The molecule has 0 bridgehead atoms. The number of methoxy groups -OCH3 is 1. The number of aromatic nitrogens is 3. The molecule has 1 aromatic heterocycles. The fraction of sp³-hybridized carbons (Fsp3) is 0.818. The van der Waals surface area contributed by atoms with E-state index in [2.05, 4.69) is 10.1 Å². The SMILES string of the molecule is CCn1ncnc1CC(O)C(OC)C1CC1. The first-order valence-electron chi connectivity index (χ1n) is 5.83. The molecule has 2 rings (SSSR count). The lowest BCUT2D eigenvalue weighted by Crippen LogP contribution is -2.32. The molecular weight excluding hydrogens is 206 g/mol. The Morgan fingerprint density at radius 2 is 2.38 bits per heavy atom. The molecule has 90 valence electrons. The van der Waals surface area contributed by atoms with E-state index in [0.29, 0.717) is 12.3 Å². The number of aryl methyl sites for hydroxylation is 1. The van der Waals surface area contributed by atoms with Crippen LogP contribution in [0.3, 0.4) is 0 Å². The largest absolute Gasteiger partial charge is 0.390 e. The van der Waals surface area contributed by atoms with E-state index >= 15 is 0 Å². The van der Waals surface area contributed by atoms with Crippen LogP contribution in [0.25, 0.3) is 0 Å². The second kappa shape index (κ2) is 4.93. The molecule has 0 amide bonds. The molecule has 2 unspecified atom stereocenters. The highest BCUT2D eigenvalue weighted by Crippen LogP contribution is 2.36. The van der Waals surface area contributed by atoms with Crippen LogP contribution < -0.4 is 0 Å². The summed E-state index contributed by atoms with van der Waals surface area (Å²) in [5, 5.41) is 14.2. The maximum atomic E-state index is 10.1. The summed E-state index contributed by atoms with van der Waals surface area (Å²) < 4.78 is 7.16. The van der Waals surface area contributed by atoms with Gasteiger partial charge < -0.3 is 9.84 Å². The van der Waals surface area contributed by atoms with Gasteiger partial charge in [0.2, 0.25) is 0 Å². The van der Waals surface area contributed by atoms with Gasteiger partial charge in [-0.05, 0) is 25.7 Å². The number of hydrogen-bond donors (Lipinski definition) is 1. The summed E-state index contributed by atoms with van der Waals surface area (Å²) in [6, 6.07) is 0. The minimum atomic E-state index is -0.480. The minimum absolute atomic E-state index is 0.0537. The number of aliphatic hydroxyl groups excluding tert-OH is 1. The molecule has 0 aromatic carbocycles. The molecule has 5 heteroatoms. The molecule has 0 saturated heterocycles. The number of hydrogen-bond acceptors (Lipinski definition) is 4. The third-order valence-electron chi connectivity index (χ3n) is 3.12. The molecule has 5 nitrogen and oxygen atoms in total. The maximum absolute atomic E-state index is 10.1. The lowest BCUT2D eigenvalue weighted by Gasteiger charge is -2.20. The van der Waals surface area contributed by atoms with Crippen LogP contribution in [0.15, 0.2) is 6.33 Å². The Kier molecular flexibility index (Phi) is 3.56. The molecule has 0 spiro atoms. The van der Waals surface area contributed by atoms with E-state index in [-0.39, 0.29) is 6.10 Å². The molecule has 2 atom stereocenters. The molecule has 0 radical (unpaired) electrons. The first-order valence-corrected chi connectivity index (χ1v) is 5.83. The van der Waals surface area contributed by atoms with E-state index in [9.17, 15) is 5.11 Å². The topological polar surface area (TPSA) is 60.2 Å². The smallest absolute Gasteiger partial charge is 0.138 e. The normalized spacial score (nSPS) is 19.7. The van der Waals surface area contributed by atoms with Gasteiger partial charge in [0.25, 0.3) is 0 Å². The molecule has 1 aromatic rings. The van der Waals surface area contributed by atoms with Gasteiger partial charge in [0.15, 0.2) is 0 Å². The van der Waals surface area contributed by atoms with Crippen molar-refractivity contribution < 1.29 is 9.84 Å². The summed E-state index contributed by atoms with van der Waals surface area (Å²) in [6.45, 7) is 2.79. The van der Waals surface area contributed by atoms with Gasteiger partial charge in [0.05, 0.1) is 12.2 Å². The van der Waals surface area contributed by atoms with Gasteiger partial charge >= 0.3 is 0 Å². The second-order valence-electron chi connectivity index (χ2n) is 4.30. The number of nitrogens with zero attached hydrogens (tertiary/aromatic N) is 3. The summed E-state index contributed by atoms with van der Waals surface area (Å²) in [6.07, 6.45) is 3.84. The number of ether oxygens (including phenoxy) is 1. The maximum Gasteiger partial charge on any atom is 0.138 e. The fourth-order valence-electron chi connectivity index (χ4n) is 2.10. The van der Waals surface area contributed by atoms with Crippen LogP contribution in [0, 0.1) is 5.92 Å². The number of rotatable bonds is 6. The van der Waals surface area contributed by atoms with E-state index in [4.69, 9.17) is 4.74 Å². The average molecular weight is 225 g/mol. The predicted octanol–water partition coefficient (Wildman–Crippen LogP) is 0.626. The summed E-state index contributed by atoms with van der Waals surface area (Å²) in [5.41, 5.74) is 0. The van der Waals surface area contributed by atoms with E-state index in [0.717, 1.165) is 25.2 Å². The van der Waals surface area contributed by atoms with E-state index in [1.807, 2.05) is 11.6 Å². The van der Waals surface area contributed by atoms with E-state index < -0.39 is 6.10 Å². The van der Waals surface area contributed by atoms with Crippen molar-refractivity contribution in [2.45, 2.75) is 44.9 Å². The molecule has 1 N–H and O–H groups in total. The zero-order valence-electron chi connectivity index (χ0n) is 9.83. The molecule has 1 aliphatic rings. The lowest BCUT2D eigenvalue weighted by molar-refractivity contribution is -0.0250. The van der Waals surface area contributed by atoms with Crippen molar-refractivity contribution in [3.05, 3.63) is 12.2 Å². The third kappa shape index (κ3) is 2.41. The van der Waals surface area contributed by atoms with Crippen molar-refractivity contribution >= 4 is 0 Å². The van der Waals surface area contributed by atoms with Gasteiger partial charge in [-0.1, -0.05) is 0 Å². The Hall–Kier alpha value is -0.940. The highest BCUT2D eigenvalue weighted by Gasteiger charge is 2.36. The highest BCUT2D eigenvalue weighted by atomic mass is 16.5. The van der Waals surface area contributed by atoms with Gasteiger partial charge in [0, 0.05) is 20.1 Å². The summed E-state index contributed by atoms with van der Waals surface area (Å²) in [4.78, 5) is 4.16. The summed E-state index contributed by atoms with van der Waals surface area (Å²) in [7, 11) is 1.66. The quantitative estimate of drug-likeness (QED) is 0.771. The molecule has 1 fully saturated rings. The molecule has 1 saturated carbocycles. The Bertz CT molecular complexity index is 336. The lowest BCUT2D eigenvalue weighted by atomic mass is 10.1. The predicted molar refractivity (Wildman–Crippen MR) is 58.9 cm³/mol. The fourth-order valence-corrected chi connectivity index (χ4v) is 2.10. The Morgan fingerprint density at radius 1 is 1.62 bits per heavy atom. The van der Waals surface area contributed by atoms with Gasteiger partial charge in [-0.2, -0.15) is 5.10 Å². The van der Waals surface area contributed by atoms with Crippen LogP contribution >= 0.6 is 0 Å². The molecule has 1 aliphatic carbocycles. The van der Waals surface area contributed by atoms with E-state index in [1.165, 1.54) is 6.33 Å². The highest BCUT2D eigenvalue weighted by molar-refractivity contribution is 4.94. The summed E-state index contributed by atoms with van der Waals surface area (Å²) >= 11 is 0. The van der Waals surface area contributed by atoms with Gasteiger partial charge in [-0.15, -0.1) is 0 Å². The van der Waals surface area contributed by atoms with Crippen LogP contribution in [0.4, 0.5) is 0 Å². The zero-order valence-corrected chi connectivity index (χ0v) is 9.83. The van der Waals surface area contributed by atoms with Crippen molar-refractivity contribution in [1.29, 1.82) is 0 Å². The molecule has 0 aliphatic heterocycles.